The SMILES string of the molecule is CCc1c(Br)oc(-c2ccc(OC)c(OC)c2)c1C(=O)O. The molecule has 1 aromatic heterocycles. The monoisotopic (exact) mass is 354 g/mol. The molecule has 21 heavy (non-hydrogen) atoms. The predicted molar refractivity (Wildman–Crippen MR) is 81.3 cm³/mol. The second kappa shape index (κ2) is 6.22. The number of furan rings is 1. The van der Waals surface area contributed by atoms with Gasteiger partial charge in [-0.2, -0.15) is 0 Å². The van der Waals surface area contributed by atoms with Gasteiger partial charge in [-0.1, -0.05) is 6.92 Å². The Labute approximate surface area is 130 Å². The van der Waals surface area contributed by atoms with Gasteiger partial charge in [-0.15, -0.1) is 0 Å². The van der Waals surface area contributed by atoms with Crippen molar-refractivity contribution in [3.8, 4) is 22.8 Å². The molecule has 6 heteroatoms. The zero-order valence-electron chi connectivity index (χ0n) is 11.9. The third-order valence-corrected chi connectivity index (χ3v) is 3.81. The minimum atomic E-state index is -1.02. The van der Waals surface area contributed by atoms with Gasteiger partial charge in [0.05, 0.1) is 14.2 Å². The molecule has 0 unspecified atom stereocenters. The van der Waals surface area contributed by atoms with Crippen LogP contribution in [0.25, 0.3) is 11.3 Å². The van der Waals surface area contributed by atoms with E-state index in [1.54, 1.807) is 25.3 Å². The first-order chi connectivity index (χ1) is 10.0. The number of carboxylic acids is 1. The Morgan fingerprint density at radius 3 is 2.48 bits per heavy atom. The van der Waals surface area contributed by atoms with E-state index >= 15 is 0 Å². The first kappa shape index (κ1) is 15.4. The van der Waals surface area contributed by atoms with Gasteiger partial charge in [0.1, 0.15) is 5.56 Å². The Morgan fingerprint density at radius 2 is 1.95 bits per heavy atom. The van der Waals surface area contributed by atoms with Crippen LogP contribution in [0.15, 0.2) is 27.3 Å². The Balaban J connectivity index is 2.64. The summed E-state index contributed by atoms with van der Waals surface area (Å²) in [5, 5.41) is 9.44. The maximum Gasteiger partial charge on any atom is 0.339 e. The fourth-order valence-corrected chi connectivity index (χ4v) is 2.80. The lowest BCUT2D eigenvalue weighted by Crippen LogP contribution is -2.01. The summed E-state index contributed by atoms with van der Waals surface area (Å²) in [5.41, 5.74) is 1.41. The molecule has 0 aliphatic heterocycles. The summed E-state index contributed by atoms with van der Waals surface area (Å²) in [6, 6.07) is 5.14. The van der Waals surface area contributed by atoms with Crippen molar-refractivity contribution < 1.29 is 23.8 Å². The summed E-state index contributed by atoms with van der Waals surface area (Å²) in [6.07, 6.45) is 0.555. The van der Waals surface area contributed by atoms with E-state index in [-0.39, 0.29) is 5.56 Å². The van der Waals surface area contributed by atoms with E-state index in [0.717, 1.165) is 0 Å². The van der Waals surface area contributed by atoms with Gasteiger partial charge in [0.25, 0.3) is 0 Å². The van der Waals surface area contributed by atoms with E-state index in [9.17, 15) is 9.90 Å². The third kappa shape index (κ3) is 2.76. The second-order valence-corrected chi connectivity index (χ2v) is 5.01. The Bertz CT molecular complexity index is 675. The molecule has 1 heterocycles. The molecule has 0 atom stereocenters. The molecule has 0 fully saturated rings. The van der Waals surface area contributed by atoms with E-state index in [1.165, 1.54) is 7.11 Å². The van der Waals surface area contributed by atoms with Crippen LogP contribution in [0.1, 0.15) is 22.8 Å². The van der Waals surface area contributed by atoms with Crippen LogP contribution in [0, 0.1) is 0 Å². The molecule has 1 N–H and O–H groups in total. The molecule has 5 nitrogen and oxygen atoms in total. The van der Waals surface area contributed by atoms with Crippen LogP contribution < -0.4 is 9.47 Å². The van der Waals surface area contributed by atoms with Crippen LogP contribution in [-0.2, 0) is 6.42 Å². The topological polar surface area (TPSA) is 68.9 Å². The highest BCUT2D eigenvalue weighted by atomic mass is 79.9. The largest absolute Gasteiger partial charge is 0.493 e. The number of benzene rings is 1. The van der Waals surface area contributed by atoms with E-state index in [0.29, 0.717) is 39.5 Å². The van der Waals surface area contributed by atoms with Gasteiger partial charge in [-0.25, -0.2) is 4.79 Å². The summed E-state index contributed by atoms with van der Waals surface area (Å²) in [5.74, 6) is 0.356. The van der Waals surface area contributed by atoms with Crippen molar-refractivity contribution in [2.45, 2.75) is 13.3 Å². The number of carboxylic acid groups (broad SMARTS) is 1. The molecule has 0 radical (unpaired) electrons. The number of hydrogen-bond acceptors (Lipinski definition) is 4. The van der Waals surface area contributed by atoms with Crippen LogP contribution in [-0.4, -0.2) is 25.3 Å². The Morgan fingerprint density at radius 1 is 1.29 bits per heavy atom. The highest BCUT2D eigenvalue weighted by molar-refractivity contribution is 9.10. The quantitative estimate of drug-likeness (QED) is 0.878. The normalized spacial score (nSPS) is 10.5. The second-order valence-electron chi connectivity index (χ2n) is 4.29. The minimum absolute atomic E-state index is 0.164. The number of carbonyl (C=O) groups is 1. The fourth-order valence-electron chi connectivity index (χ4n) is 2.16. The summed E-state index contributed by atoms with van der Waals surface area (Å²) in [6.45, 7) is 1.88. The maximum absolute atomic E-state index is 11.5. The molecule has 0 aliphatic carbocycles. The average Bonchev–Trinajstić information content (AvgIpc) is 2.83. The van der Waals surface area contributed by atoms with Gasteiger partial charge in [0.2, 0.25) is 0 Å². The average molecular weight is 355 g/mol. The molecule has 0 aliphatic rings. The van der Waals surface area contributed by atoms with Crippen molar-refractivity contribution in [3.05, 3.63) is 34.0 Å². The third-order valence-electron chi connectivity index (χ3n) is 3.17. The first-order valence-electron chi connectivity index (χ1n) is 6.30. The van der Waals surface area contributed by atoms with E-state index in [1.807, 2.05) is 6.92 Å². The van der Waals surface area contributed by atoms with Crippen LogP contribution in [0.3, 0.4) is 0 Å². The van der Waals surface area contributed by atoms with Crippen LogP contribution in [0.5, 0.6) is 11.5 Å². The van der Waals surface area contributed by atoms with Gasteiger partial charge < -0.3 is 19.0 Å². The number of halogens is 1. The molecule has 0 saturated carbocycles. The van der Waals surface area contributed by atoms with Crippen molar-refractivity contribution in [1.29, 1.82) is 0 Å². The van der Waals surface area contributed by atoms with Crippen molar-refractivity contribution >= 4 is 21.9 Å². The van der Waals surface area contributed by atoms with Crippen molar-refractivity contribution in [2.24, 2.45) is 0 Å². The van der Waals surface area contributed by atoms with Gasteiger partial charge in [-0.3, -0.25) is 0 Å². The van der Waals surface area contributed by atoms with E-state index in [4.69, 9.17) is 13.9 Å². The van der Waals surface area contributed by atoms with E-state index < -0.39 is 5.97 Å². The highest BCUT2D eigenvalue weighted by Crippen LogP contribution is 2.38. The van der Waals surface area contributed by atoms with Gasteiger partial charge in [0.15, 0.2) is 21.9 Å². The molecule has 0 bridgehead atoms. The predicted octanol–water partition coefficient (Wildman–Crippen LogP) is 3.99. The first-order valence-corrected chi connectivity index (χ1v) is 7.09. The molecule has 0 amide bonds. The number of ether oxygens (including phenoxy) is 2. The van der Waals surface area contributed by atoms with Gasteiger partial charge in [0, 0.05) is 11.1 Å². The van der Waals surface area contributed by atoms with Crippen molar-refractivity contribution in [3.63, 3.8) is 0 Å². The lowest BCUT2D eigenvalue weighted by molar-refractivity contribution is 0.0696. The van der Waals surface area contributed by atoms with Crippen LogP contribution in [0.2, 0.25) is 0 Å². The minimum Gasteiger partial charge on any atom is -0.493 e. The summed E-state index contributed by atoms with van der Waals surface area (Å²) >= 11 is 3.27. The number of hydrogen-bond donors (Lipinski definition) is 1. The summed E-state index contributed by atoms with van der Waals surface area (Å²) < 4.78 is 16.4. The van der Waals surface area contributed by atoms with E-state index in [2.05, 4.69) is 15.9 Å². The summed E-state index contributed by atoms with van der Waals surface area (Å²) in [4.78, 5) is 11.5. The highest BCUT2D eigenvalue weighted by Gasteiger charge is 2.24. The molecule has 0 spiro atoms. The lowest BCUT2D eigenvalue weighted by Gasteiger charge is -2.09. The zero-order chi connectivity index (χ0) is 15.6. The Kier molecular flexibility index (Phi) is 4.57. The molecular weight excluding hydrogens is 340 g/mol. The molecule has 0 saturated heterocycles. The van der Waals surface area contributed by atoms with Gasteiger partial charge >= 0.3 is 5.97 Å². The van der Waals surface area contributed by atoms with Crippen molar-refractivity contribution in [2.75, 3.05) is 14.2 Å². The maximum atomic E-state index is 11.5. The number of methoxy groups -OCH3 is 2. The lowest BCUT2D eigenvalue weighted by atomic mass is 10.0. The fraction of sp³-hybridized carbons (Fsp3) is 0.267. The molecule has 112 valence electrons. The van der Waals surface area contributed by atoms with Gasteiger partial charge in [-0.05, 0) is 40.5 Å². The molecule has 2 rings (SSSR count). The number of aromatic carboxylic acids is 1. The van der Waals surface area contributed by atoms with Crippen molar-refractivity contribution in [1.82, 2.24) is 0 Å². The Hall–Kier alpha value is -1.95. The summed E-state index contributed by atoms with van der Waals surface area (Å²) in [7, 11) is 3.06. The number of rotatable bonds is 5. The molecule has 2 aromatic rings. The standard InChI is InChI=1S/C15H15BrO5/c1-4-9-12(15(17)18)13(21-14(9)16)8-5-6-10(19-2)11(7-8)20-3/h5-7H,4H2,1-3H3,(H,17,18). The molecule has 1 aromatic carbocycles. The zero-order valence-corrected chi connectivity index (χ0v) is 13.5. The smallest absolute Gasteiger partial charge is 0.339 e. The molecular formula is C15H15BrO5. The van der Waals surface area contributed by atoms with Crippen LogP contribution >= 0.6 is 15.9 Å². The van der Waals surface area contributed by atoms with Crippen LogP contribution in [0.4, 0.5) is 0 Å².